The second-order valence-electron chi connectivity index (χ2n) is 4.86. The smallest absolute Gasteiger partial charge is 0.288 e. The Morgan fingerprint density at radius 1 is 1.24 bits per heavy atom. The van der Waals surface area contributed by atoms with E-state index in [2.05, 4.69) is 5.32 Å². The maximum Gasteiger partial charge on any atom is 0.288 e. The fourth-order valence-corrected chi connectivity index (χ4v) is 2.37. The minimum atomic E-state index is -0.515. The van der Waals surface area contributed by atoms with Crippen LogP contribution in [0, 0.1) is 24.0 Å². The van der Waals surface area contributed by atoms with Gasteiger partial charge in [-0.1, -0.05) is 23.7 Å². The number of nitrogens with one attached hydrogen (secondary N) is 1. The Morgan fingerprint density at radius 3 is 2.38 bits per heavy atom. The van der Waals surface area contributed by atoms with Gasteiger partial charge >= 0.3 is 0 Å². The monoisotopic (exact) mass is 306 g/mol. The molecule has 0 bridgehead atoms. The highest BCUT2D eigenvalue weighted by Crippen LogP contribution is 2.28. The van der Waals surface area contributed by atoms with Crippen LogP contribution in [0.15, 0.2) is 30.3 Å². The first-order valence-corrected chi connectivity index (χ1v) is 6.73. The molecule has 2 N–H and O–H groups in total. The minimum Gasteiger partial charge on any atom is -0.507 e. The van der Waals surface area contributed by atoms with Gasteiger partial charge in [0.25, 0.3) is 5.69 Å². The number of nitro benzene ring substituents is 1. The molecule has 0 radical (unpaired) electrons. The third kappa shape index (κ3) is 3.44. The maximum absolute atomic E-state index is 10.7. The van der Waals surface area contributed by atoms with Gasteiger partial charge in [-0.2, -0.15) is 0 Å². The summed E-state index contributed by atoms with van der Waals surface area (Å²) in [5, 5.41) is 23.7. The molecule has 0 aliphatic carbocycles. The fourth-order valence-electron chi connectivity index (χ4n) is 2.12. The zero-order valence-electron chi connectivity index (χ0n) is 11.7. The van der Waals surface area contributed by atoms with E-state index in [9.17, 15) is 15.2 Å². The average Bonchev–Trinajstić information content (AvgIpc) is 2.42. The first-order valence-electron chi connectivity index (χ1n) is 6.35. The Morgan fingerprint density at radius 2 is 1.86 bits per heavy atom. The highest BCUT2D eigenvalue weighted by atomic mass is 35.5. The van der Waals surface area contributed by atoms with Crippen LogP contribution in [-0.4, -0.2) is 10.0 Å². The molecule has 110 valence electrons. The van der Waals surface area contributed by atoms with Crippen molar-refractivity contribution in [1.29, 1.82) is 0 Å². The quantitative estimate of drug-likeness (QED) is 0.656. The molecule has 0 saturated carbocycles. The Hall–Kier alpha value is -2.27. The summed E-state index contributed by atoms with van der Waals surface area (Å²) in [6.45, 7) is 4.22. The van der Waals surface area contributed by atoms with Crippen molar-refractivity contribution in [1.82, 2.24) is 0 Å². The van der Waals surface area contributed by atoms with Gasteiger partial charge in [0, 0.05) is 18.3 Å². The van der Waals surface area contributed by atoms with E-state index in [4.69, 9.17) is 11.6 Å². The highest BCUT2D eigenvalue weighted by Gasteiger charge is 2.12. The van der Waals surface area contributed by atoms with E-state index in [-0.39, 0.29) is 10.7 Å². The Labute approximate surface area is 127 Å². The Bertz CT molecular complexity index is 678. The third-order valence-corrected chi connectivity index (χ3v) is 3.49. The molecule has 6 heteroatoms. The van der Waals surface area contributed by atoms with E-state index >= 15 is 0 Å². The van der Waals surface area contributed by atoms with E-state index in [0.717, 1.165) is 16.7 Å². The molecule has 0 aliphatic heterocycles. The number of phenols is 1. The summed E-state index contributed by atoms with van der Waals surface area (Å²) < 4.78 is 0. The van der Waals surface area contributed by atoms with Crippen molar-refractivity contribution in [2.45, 2.75) is 20.4 Å². The summed E-state index contributed by atoms with van der Waals surface area (Å²) in [6.07, 6.45) is 0. The van der Waals surface area contributed by atoms with Crippen LogP contribution in [-0.2, 0) is 6.54 Å². The predicted molar refractivity (Wildman–Crippen MR) is 83.0 cm³/mol. The molecule has 0 atom stereocenters. The Kier molecular flexibility index (Phi) is 4.33. The summed E-state index contributed by atoms with van der Waals surface area (Å²) >= 11 is 5.86. The van der Waals surface area contributed by atoms with Gasteiger partial charge in [0.2, 0.25) is 0 Å². The second kappa shape index (κ2) is 6.01. The van der Waals surface area contributed by atoms with Gasteiger partial charge in [0.05, 0.1) is 4.92 Å². The first-order chi connectivity index (χ1) is 9.88. The van der Waals surface area contributed by atoms with Crippen molar-refractivity contribution in [3.8, 4) is 5.75 Å². The number of anilines is 1. The lowest BCUT2D eigenvalue weighted by Gasteiger charge is -2.10. The summed E-state index contributed by atoms with van der Waals surface area (Å²) in [4.78, 5) is 10.2. The van der Waals surface area contributed by atoms with Crippen LogP contribution in [0.5, 0.6) is 5.75 Å². The average molecular weight is 307 g/mol. The van der Waals surface area contributed by atoms with Crippen molar-refractivity contribution < 1.29 is 10.0 Å². The van der Waals surface area contributed by atoms with Crippen LogP contribution >= 0.6 is 11.6 Å². The second-order valence-corrected chi connectivity index (χ2v) is 5.26. The molecule has 0 fully saturated rings. The first kappa shape index (κ1) is 15.1. The standard InChI is InChI=1S/C15H15ClN2O3/c1-9-5-11(6-10(2)15(9)19)8-17-12-3-4-14(18(20)21)13(16)7-12/h3-7,17,19H,8H2,1-2H3. The normalized spacial score (nSPS) is 10.4. The van der Waals surface area contributed by atoms with E-state index in [1.807, 2.05) is 26.0 Å². The number of hydrogen-bond acceptors (Lipinski definition) is 4. The zero-order valence-corrected chi connectivity index (χ0v) is 12.4. The van der Waals surface area contributed by atoms with Crippen molar-refractivity contribution in [3.63, 3.8) is 0 Å². The van der Waals surface area contributed by atoms with E-state index in [1.165, 1.54) is 12.1 Å². The number of phenolic OH excluding ortho intramolecular Hbond substituents is 1. The summed E-state index contributed by atoms with van der Waals surface area (Å²) in [5.41, 5.74) is 3.23. The molecule has 0 unspecified atom stereocenters. The SMILES string of the molecule is Cc1cc(CNc2ccc([N+](=O)[O-])c(Cl)c2)cc(C)c1O. The number of aryl methyl sites for hydroxylation is 2. The molecule has 2 aromatic carbocycles. The van der Waals surface area contributed by atoms with Crippen LogP contribution in [0.1, 0.15) is 16.7 Å². The topological polar surface area (TPSA) is 75.4 Å². The van der Waals surface area contributed by atoms with Gasteiger partial charge in [-0.05, 0) is 42.7 Å². The largest absolute Gasteiger partial charge is 0.507 e. The number of halogens is 1. The van der Waals surface area contributed by atoms with Crippen molar-refractivity contribution >= 4 is 23.0 Å². The zero-order chi connectivity index (χ0) is 15.6. The van der Waals surface area contributed by atoms with Gasteiger partial charge in [0.1, 0.15) is 10.8 Å². The molecule has 2 rings (SSSR count). The van der Waals surface area contributed by atoms with E-state index in [1.54, 1.807) is 6.07 Å². The molecule has 0 aromatic heterocycles. The predicted octanol–water partition coefficient (Wildman–Crippen LogP) is 4.18. The molecule has 0 saturated heterocycles. The number of nitrogens with zero attached hydrogens (tertiary/aromatic N) is 1. The lowest BCUT2D eigenvalue weighted by molar-refractivity contribution is -0.384. The van der Waals surface area contributed by atoms with E-state index in [0.29, 0.717) is 18.0 Å². The van der Waals surface area contributed by atoms with Crippen LogP contribution < -0.4 is 5.32 Å². The molecule has 5 nitrogen and oxygen atoms in total. The van der Waals surface area contributed by atoms with Crippen LogP contribution in [0.4, 0.5) is 11.4 Å². The van der Waals surface area contributed by atoms with Gasteiger partial charge in [-0.25, -0.2) is 0 Å². The van der Waals surface area contributed by atoms with Crippen molar-refractivity contribution in [2.75, 3.05) is 5.32 Å². The van der Waals surface area contributed by atoms with Crippen LogP contribution in [0.2, 0.25) is 5.02 Å². The maximum atomic E-state index is 10.7. The molecule has 0 aliphatic rings. The Balaban J connectivity index is 2.13. The molecule has 0 amide bonds. The molecule has 2 aromatic rings. The van der Waals surface area contributed by atoms with Crippen molar-refractivity contribution in [2.24, 2.45) is 0 Å². The lowest BCUT2D eigenvalue weighted by atomic mass is 10.1. The summed E-state index contributed by atoms with van der Waals surface area (Å²) in [7, 11) is 0. The minimum absolute atomic E-state index is 0.100. The number of rotatable bonds is 4. The summed E-state index contributed by atoms with van der Waals surface area (Å²) in [5.74, 6) is 0.303. The van der Waals surface area contributed by atoms with Gasteiger partial charge < -0.3 is 10.4 Å². The molecule has 21 heavy (non-hydrogen) atoms. The molecule has 0 heterocycles. The van der Waals surface area contributed by atoms with Crippen LogP contribution in [0.3, 0.4) is 0 Å². The van der Waals surface area contributed by atoms with E-state index < -0.39 is 4.92 Å². The van der Waals surface area contributed by atoms with Gasteiger partial charge in [0.15, 0.2) is 0 Å². The molecular formula is C15H15ClN2O3. The number of hydrogen-bond donors (Lipinski definition) is 2. The number of nitro groups is 1. The fraction of sp³-hybridized carbons (Fsp3) is 0.200. The van der Waals surface area contributed by atoms with Gasteiger partial charge in [-0.3, -0.25) is 10.1 Å². The molecule has 0 spiro atoms. The summed E-state index contributed by atoms with van der Waals surface area (Å²) in [6, 6.07) is 8.30. The molecular weight excluding hydrogens is 292 g/mol. The third-order valence-electron chi connectivity index (χ3n) is 3.19. The van der Waals surface area contributed by atoms with Gasteiger partial charge in [-0.15, -0.1) is 0 Å². The van der Waals surface area contributed by atoms with Crippen LogP contribution in [0.25, 0.3) is 0 Å². The highest BCUT2D eigenvalue weighted by molar-refractivity contribution is 6.32. The number of benzene rings is 2. The number of aromatic hydroxyl groups is 1. The lowest BCUT2D eigenvalue weighted by Crippen LogP contribution is -2.01. The van der Waals surface area contributed by atoms with Crippen molar-refractivity contribution in [3.05, 3.63) is 62.2 Å².